The van der Waals surface area contributed by atoms with Crippen molar-refractivity contribution in [2.75, 3.05) is 11.9 Å². The predicted octanol–water partition coefficient (Wildman–Crippen LogP) is 0.362. The largest absolute Gasteiger partial charge is 0.508 e. The number of nitrogens with one attached hydrogen (secondary N) is 2. The molecule has 1 aliphatic rings. The molecule has 0 aliphatic carbocycles. The number of anilines is 1. The van der Waals surface area contributed by atoms with E-state index in [1.807, 2.05) is 0 Å². The van der Waals surface area contributed by atoms with Crippen LogP contribution in [0.4, 0.5) is 5.69 Å². The smallest absolute Gasteiger partial charge is 0.241 e. The Bertz CT molecular complexity index is 434. The Morgan fingerprint density at radius 1 is 1.53 bits per heavy atom. The normalized spacial score (nSPS) is 23.6. The highest BCUT2D eigenvalue weighted by molar-refractivity contribution is 5.95. The fourth-order valence-corrected chi connectivity index (χ4v) is 1.83. The van der Waals surface area contributed by atoms with Crippen LogP contribution in [0.1, 0.15) is 12.0 Å². The lowest BCUT2D eigenvalue weighted by molar-refractivity contribution is -0.117. The number of aromatic hydroxyl groups is 1. The van der Waals surface area contributed by atoms with E-state index in [9.17, 15) is 15.0 Å². The number of hydrogen-bond donors (Lipinski definition) is 4. The van der Waals surface area contributed by atoms with E-state index in [2.05, 4.69) is 10.6 Å². The van der Waals surface area contributed by atoms with Gasteiger partial charge in [-0.05, 0) is 25.0 Å². The summed E-state index contributed by atoms with van der Waals surface area (Å²) >= 11 is 0. The lowest BCUT2D eigenvalue weighted by atomic mass is 10.1. The molecule has 1 aromatic carbocycles. The van der Waals surface area contributed by atoms with Crippen molar-refractivity contribution in [3.8, 4) is 5.75 Å². The average Bonchev–Trinajstić information content (AvgIpc) is 2.70. The van der Waals surface area contributed by atoms with Crippen LogP contribution in [0.25, 0.3) is 0 Å². The number of rotatable bonds is 2. The van der Waals surface area contributed by atoms with Gasteiger partial charge in [-0.25, -0.2) is 0 Å². The van der Waals surface area contributed by atoms with Crippen LogP contribution in [0.2, 0.25) is 0 Å². The van der Waals surface area contributed by atoms with Gasteiger partial charge in [-0.3, -0.25) is 4.79 Å². The van der Waals surface area contributed by atoms with Crippen molar-refractivity contribution >= 4 is 11.6 Å². The third-order valence-electron chi connectivity index (χ3n) is 2.90. The molecule has 2 unspecified atom stereocenters. The summed E-state index contributed by atoms with van der Waals surface area (Å²) in [6.07, 6.45) is -0.0406. The topological polar surface area (TPSA) is 81.6 Å². The second-order valence-corrected chi connectivity index (χ2v) is 4.34. The predicted molar refractivity (Wildman–Crippen MR) is 63.9 cm³/mol. The van der Waals surface area contributed by atoms with Crippen molar-refractivity contribution in [2.24, 2.45) is 0 Å². The Balaban J connectivity index is 2.00. The molecule has 5 nitrogen and oxygen atoms in total. The van der Waals surface area contributed by atoms with E-state index >= 15 is 0 Å². The number of hydrogen-bond acceptors (Lipinski definition) is 4. The van der Waals surface area contributed by atoms with E-state index in [1.165, 1.54) is 6.07 Å². The molecule has 0 spiro atoms. The first-order chi connectivity index (χ1) is 8.06. The second kappa shape index (κ2) is 4.73. The number of aryl methyl sites for hydroxylation is 1. The van der Waals surface area contributed by atoms with E-state index in [1.54, 1.807) is 19.1 Å². The summed E-state index contributed by atoms with van der Waals surface area (Å²) in [6, 6.07) is 4.62. The van der Waals surface area contributed by atoms with Gasteiger partial charge in [0.2, 0.25) is 5.91 Å². The molecule has 92 valence electrons. The number of aliphatic hydroxyl groups excluding tert-OH is 1. The van der Waals surface area contributed by atoms with Gasteiger partial charge in [0.25, 0.3) is 0 Å². The first-order valence-electron chi connectivity index (χ1n) is 5.58. The zero-order valence-corrected chi connectivity index (χ0v) is 9.60. The molecule has 1 amide bonds. The number of aliphatic hydroxyl groups is 1. The maximum Gasteiger partial charge on any atom is 0.241 e. The third kappa shape index (κ3) is 2.75. The lowest BCUT2D eigenvalue weighted by Crippen LogP contribution is -2.35. The van der Waals surface area contributed by atoms with Crippen molar-refractivity contribution in [1.29, 1.82) is 0 Å². The van der Waals surface area contributed by atoms with Gasteiger partial charge in [0.05, 0.1) is 12.1 Å². The third-order valence-corrected chi connectivity index (χ3v) is 2.90. The molecule has 1 fully saturated rings. The molecule has 1 aromatic rings. The van der Waals surface area contributed by atoms with Crippen LogP contribution < -0.4 is 10.6 Å². The van der Waals surface area contributed by atoms with Gasteiger partial charge in [-0.2, -0.15) is 0 Å². The molecule has 4 N–H and O–H groups in total. The molecule has 0 aromatic heterocycles. The molecule has 17 heavy (non-hydrogen) atoms. The van der Waals surface area contributed by atoms with E-state index in [0.717, 1.165) is 5.56 Å². The van der Waals surface area contributed by atoms with Gasteiger partial charge >= 0.3 is 0 Å². The first-order valence-corrected chi connectivity index (χ1v) is 5.58. The molecule has 0 saturated carbocycles. The first kappa shape index (κ1) is 11.9. The van der Waals surface area contributed by atoms with Crippen molar-refractivity contribution in [2.45, 2.75) is 25.5 Å². The van der Waals surface area contributed by atoms with Gasteiger partial charge in [0.15, 0.2) is 0 Å². The molecule has 1 saturated heterocycles. The highest BCUT2D eigenvalue weighted by Crippen LogP contribution is 2.21. The number of carbonyl (C=O) groups excluding carboxylic acids is 1. The second-order valence-electron chi connectivity index (χ2n) is 4.34. The van der Waals surface area contributed by atoms with Crippen LogP contribution >= 0.6 is 0 Å². The van der Waals surface area contributed by atoms with Crippen molar-refractivity contribution in [3.05, 3.63) is 23.8 Å². The molecular weight excluding hydrogens is 220 g/mol. The van der Waals surface area contributed by atoms with Crippen molar-refractivity contribution in [3.63, 3.8) is 0 Å². The number of carbonyl (C=O) groups is 1. The van der Waals surface area contributed by atoms with Gasteiger partial charge in [-0.1, -0.05) is 6.07 Å². The van der Waals surface area contributed by atoms with Crippen molar-refractivity contribution < 1.29 is 15.0 Å². The summed E-state index contributed by atoms with van der Waals surface area (Å²) in [5.41, 5.74) is 1.32. The monoisotopic (exact) mass is 236 g/mol. The minimum absolute atomic E-state index is 0.155. The molecule has 5 heteroatoms. The minimum Gasteiger partial charge on any atom is -0.508 e. The number of β-amino-alcohol motifs (C(OH)–C–C–N with tert-alkyl or cyclic N) is 1. The Kier molecular flexibility index (Phi) is 3.31. The summed E-state index contributed by atoms with van der Waals surface area (Å²) in [6.45, 7) is 2.23. The molecule has 2 atom stereocenters. The van der Waals surface area contributed by atoms with Gasteiger partial charge in [0, 0.05) is 18.3 Å². The fourth-order valence-electron chi connectivity index (χ4n) is 1.83. The van der Waals surface area contributed by atoms with Crippen LogP contribution in [0.15, 0.2) is 18.2 Å². The molecular formula is C12H16N2O3. The lowest BCUT2D eigenvalue weighted by Gasteiger charge is -2.11. The highest BCUT2D eigenvalue weighted by atomic mass is 16.3. The average molecular weight is 236 g/mol. The quantitative estimate of drug-likeness (QED) is 0.597. The van der Waals surface area contributed by atoms with Crippen LogP contribution in [-0.4, -0.2) is 34.8 Å². The minimum atomic E-state index is -0.461. The number of phenolic OH excluding ortho intramolecular Hbond substituents is 1. The number of amides is 1. The summed E-state index contributed by atoms with van der Waals surface area (Å²) < 4.78 is 0. The summed E-state index contributed by atoms with van der Waals surface area (Å²) in [4.78, 5) is 11.8. The van der Waals surface area contributed by atoms with Crippen LogP contribution in [0, 0.1) is 6.92 Å². The Morgan fingerprint density at radius 2 is 2.29 bits per heavy atom. The maximum atomic E-state index is 11.8. The molecule has 1 aliphatic heterocycles. The van der Waals surface area contributed by atoms with Crippen LogP contribution in [0.3, 0.4) is 0 Å². The Hall–Kier alpha value is -1.59. The van der Waals surface area contributed by atoms with E-state index in [0.29, 0.717) is 18.7 Å². The molecule has 0 radical (unpaired) electrons. The zero-order valence-electron chi connectivity index (χ0n) is 9.60. The zero-order chi connectivity index (χ0) is 12.4. The number of phenols is 1. The Morgan fingerprint density at radius 3 is 2.88 bits per heavy atom. The fraction of sp³-hybridized carbons (Fsp3) is 0.417. The standard InChI is InChI=1S/C12H16N2O3/c1-7-2-3-8(4-11(7)16)14-12(17)10-5-9(15)6-13-10/h2-4,9-10,13,15-16H,5-6H2,1H3,(H,14,17). The van der Waals surface area contributed by atoms with Gasteiger partial charge < -0.3 is 20.8 Å². The van der Waals surface area contributed by atoms with Crippen LogP contribution in [-0.2, 0) is 4.79 Å². The molecule has 0 bridgehead atoms. The Labute approximate surface area is 99.5 Å². The van der Waals surface area contributed by atoms with E-state index in [4.69, 9.17) is 0 Å². The molecule has 1 heterocycles. The van der Waals surface area contributed by atoms with Crippen LogP contribution in [0.5, 0.6) is 5.75 Å². The summed E-state index contributed by atoms with van der Waals surface area (Å²) in [5, 5.41) is 24.5. The molecule has 2 rings (SSSR count). The van der Waals surface area contributed by atoms with E-state index < -0.39 is 6.10 Å². The van der Waals surface area contributed by atoms with Gasteiger partial charge in [0.1, 0.15) is 5.75 Å². The SMILES string of the molecule is Cc1ccc(NC(=O)C2CC(O)CN2)cc1O. The highest BCUT2D eigenvalue weighted by Gasteiger charge is 2.27. The van der Waals surface area contributed by atoms with E-state index in [-0.39, 0.29) is 17.7 Å². The summed E-state index contributed by atoms with van der Waals surface area (Å²) in [5.74, 6) is -0.0352. The maximum absolute atomic E-state index is 11.8. The van der Waals surface area contributed by atoms with Crippen molar-refractivity contribution in [1.82, 2.24) is 5.32 Å². The van der Waals surface area contributed by atoms with Gasteiger partial charge in [-0.15, -0.1) is 0 Å². The summed E-state index contributed by atoms with van der Waals surface area (Å²) in [7, 11) is 0. The number of benzene rings is 1.